The monoisotopic (exact) mass is 419 g/mol. The maximum absolute atomic E-state index is 12.7. The Morgan fingerprint density at radius 3 is 2.45 bits per heavy atom. The minimum atomic E-state index is -0.0208. The van der Waals surface area contributed by atoms with E-state index in [0.717, 1.165) is 71.2 Å². The fraction of sp³-hybridized carbons (Fsp3) is 0.727. The zero-order chi connectivity index (χ0) is 20.9. The van der Waals surface area contributed by atoms with Crippen molar-refractivity contribution in [1.29, 1.82) is 0 Å². The number of aliphatic imine (C=N–C) groups is 1. The van der Waals surface area contributed by atoms with Crippen LogP contribution in [-0.4, -0.2) is 85.0 Å². The molecular weight excluding hydrogens is 382 g/mol. The zero-order valence-corrected chi connectivity index (χ0v) is 19.3. The summed E-state index contributed by atoms with van der Waals surface area (Å²) in [6.07, 6.45) is 2.30. The summed E-state index contributed by atoms with van der Waals surface area (Å²) >= 11 is 1.80. The molecule has 2 aliphatic heterocycles. The number of rotatable bonds is 6. The maximum Gasteiger partial charge on any atom is 0.239 e. The summed E-state index contributed by atoms with van der Waals surface area (Å²) in [5.74, 6) is 1.30. The van der Waals surface area contributed by atoms with Gasteiger partial charge in [-0.3, -0.25) is 14.7 Å². The molecule has 162 valence electrons. The van der Waals surface area contributed by atoms with E-state index in [1.165, 1.54) is 4.88 Å². The lowest BCUT2D eigenvalue weighted by Gasteiger charge is -2.39. The Balaban J connectivity index is 1.57. The highest BCUT2D eigenvalue weighted by molar-refractivity contribution is 7.10. The second-order valence-corrected chi connectivity index (χ2v) is 9.71. The second kappa shape index (κ2) is 9.94. The molecule has 6 nitrogen and oxygen atoms in total. The topological polar surface area (TPSA) is 51.2 Å². The van der Waals surface area contributed by atoms with Crippen molar-refractivity contribution in [2.24, 2.45) is 4.99 Å². The average Bonchev–Trinajstić information content (AvgIpc) is 3.44. The van der Waals surface area contributed by atoms with Crippen LogP contribution < -0.4 is 5.32 Å². The van der Waals surface area contributed by atoms with E-state index in [1.54, 1.807) is 11.3 Å². The van der Waals surface area contributed by atoms with Crippen molar-refractivity contribution >= 4 is 23.2 Å². The fourth-order valence-corrected chi connectivity index (χ4v) is 4.96. The van der Waals surface area contributed by atoms with E-state index < -0.39 is 0 Å². The van der Waals surface area contributed by atoms with Crippen LogP contribution in [0.5, 0.6) is 0 Å². The third-order valence-electron chi connectivity index (χ3n) is 6.08. The number of hydrogen-bond donors (Lipinski definition) is 1. The molecule has 3 rings (SSSR count). The van der Waals surface area contributed by atoms with Gasteiger partial charge in [0.1, 0.15) is 0 Å². The maximum atomic E-state index is 12.7. The highest BCUT2D eigenvalue weighted by Crippen LogP contribution is 2.27. The first-order valence-electron chi connectivity index (χ1n) is 11.0. The largest absolute Gasteiger partial charge is 0.357 e. The summed E-state index contributed by atoms with van der Waals surface area (Å²) < 4.78 is 0. The Kier molecular flexibility index (Phi) is 7.57. The van der Waals surface area contributed by atoms with Crippen molar-refractivity contribution in [1.82, 2.24) is 20.0 Å². The van der Waals surface area contributed by atoms with Crippen LogP contribution in [0.3, 0.4) is 0 Å². The van der Waals surface area contributed by atoms with Gasteiger partial charge in [-0.05, 0) is 38.1 Å². The third-order valence-corrected chi connectivity index (χ3v) is 7.32. The number of carbonyl (C=O) groups excluding carboxylic acids is 1. The van der Waals surface area contributed by atoms with Gasteiger partial charge in [-0.15, -0.1) is 11.3 Å². The van der Waals surface area contributed by atoms with Crippen LogP contribution in [-0.2, 0) is 10.2 Å². The Hall–Kier alpha value is -1.60. The Labute approximate surface area is 180 Å². The molecule has 0 radical (unpaired) electrons. The van der Waals surface area contributed by atoms with E-state index in [2.05, 4.69) is 60.3 Å². The Morgan fingerprint density at radius 1 is 1.17 bits per heavy atom. The molecule has 2 saturated heterocycles. The molecule has 0 aliphatic carbocycles. The molecule has 0 aromatic carbocycles. The summed E-state index contributed by atoms with van der Waals surface area (Å²) in [6, 6.07) is 4.29. The molecule has 1 unspecified atom stereocenters. The number of thiophene rings is 1. The zero-order valence-electron chi connectivity index (χ0n) is 18.5. The molecule has 1 amide bonds. The summed E-state index contributed by atoms with van der Waals surface area (Å²) in [5, 5.41) is 5.60. The first-order chi connectivity index (χ1) is 13.9. The quantitative estimate of drug-likeness (QED) is 0.569. The van der Waals surface area contributed by atoms with Gasteiger partial charge in [-0.2, -0.15) is 0 Å². The Morgan fingerprint density at radius 2 is 1.86 bits per heavy atom. The molecule has 1 aromatic rings. The highest BCUT2D eigenvalue weighted by Gasteiger charge is 2.31. The van der Waals surface area contributed by atoms with Crippen molar-refractivity contribution in [3.8, 4) is 0 Å². The molecule has 29 heavy (non-hydrogen) atoms. The first kappa shape index (κ1) is 22.1. The smallest absolute Gasteiger partial charge is 0.239 e. The summed E-state index contributed by atoms with van der Waals surface area (Å²) in [6.45, 7) is 15.8. The van der Waals surface area contributed by atoms with Gasteiger partial charge in [-0.25, -0.2) is 0 Å². The predicted molar refractivity (Wildman–Crippen MR) is 122 cm³/mol. The van der Waals surface area contributed by atoms with Crippen LogP contribution >= 0.6 is 11.3 Å². The summed E-state index contributed by atoms with van der Waals surface area (Å²) in [4.78, 5) is 25.8. The lowest BCUT2D eigenvalue weighted by atomic mass is 9.92. The van der Waals surface area contributed by atoms with Crippen LogP contribution in [0.1, 0.15) is 45.4 Å². The number of nitrogens with one attached hydrogen (secondary N) is 1. The number of piperazine rings is 1. The molecule has 0 bridgehead atoms. The van der Waals surface area contributed by atoms with Crippen LogP contribution in [0.2, 0.25) is 0 Å². The minimum Gasteiger partial charge on any atom is -0.357 e. The van der Waals surface area contributed by atoms with Crippen molar-refractivity contribution in [2.75, 3.05) is 52.4 Å². The molecule has 2 aliphatic rings. The minimum absolute atomic E-state index is 0.0208. The van der Waals surface area contributed by atoms with Crippen LogP contribution in [0.4, 0.5) is 0 Å². The molecule has 0 saturated carbocycles. The van der Waals surface area contributed by atoms with Crippen molar-refractivity contribution in [3.05, 3.63) is 22.4 Å². The van der Waals surface area contributed by atoms with Gasteiger partial charge >= 0.3 is 0 Å². The number of carbonyl (C=O) groups is 1. The van der Waals surface area contributed by atoms with Gasteiger partial charge < -0.3 is 15.1 Å². The predicted octanol–water partition coefficient (Wildman–Crippen LogP) is 2.62. The van der Waals surface area contributed by atoms with Gasteiger partial charge in [-0.1, -0.05) is 19.9 Å². The average molecular weight is 420 g/mol. The van der Waals surface area contributed by atoms with Gasteiger partial charge in [0.15, 0.2) is 5.96 Å². The van der Waals surface area contributed by atoms with E-state index in [1.807, 2.05) is 4.90 Å². The van der Waals surface area contributed by atoms with Gasteiger partial charge in [0.25, 0.3) is 0 Å². The van der Waals surface area contributed by atoms with E-state index in [0.29, 0.717) is 5.91 Å². The number of amides is 1. The Bertz CT molecular complexity index is 673. The van der Waals surface area contributed by atoms with Crippen molar-refractivity contribution in [2.45, 2.75) is 52.0 Å². The number of hydrogen-bond acceptors (Lipinski definition) is 4. The van der Waals surface area contributed by atoms with E-state index in [4.69, 9.17) is 4.99 Å². The SMILES string of the molecule is CCNC(=NCC(C)(C)c1cccs1)N1CCN(C(C)C(=O)N2CCCC2)CC1. The molecule has 1 atom stereocenters. The normalized spacial score (nSPS) is 20.2. The van der Waals surface area contributed by atoms with E-state index in [-0.39, 0.29) is 11.5 Å². The van der Waals surface area contributed by atoms with Crippen LogP contribution in [0.25, 0.3) is 0 Å². The van der Waals surface area contributed by atoms with Gasteiger partial charge in [0.2, 0.25) is 5.91 Å². The number of nitrogens with zero attached hydrogens (tertiary/aromatic N) is 4. The second-order valence-electron chi connectivity index (χ2n) is 8.76. The van der Waals surface area contributed by atoms with E-state index in [9.17, 15) is 4.79 Å². The standard InChI is InChI=1S/C22H37N5OS/c1-5-23-21(24-17-22(3,4)19-9-8-16-29-19)27-14-12-25(13-15-27)18(2)20(28)26-10-6-7-11-26/h8-9,16,18H,5-7,10-15,17H2,1-4H3,(H,23,24). The molecule has 7 heteroatoms. The van der Waals surface area contributed by atoms with Gasteiger partial charge in [0.05, 0.1) is 12.6 Å². The lowest BCUT2D eigenvalue weighted by molar-refractivity contribution is -0.135. The van der Waals surface area contributed by atoms with Crippen molar-refractivity contribution in [3.63, 3.8) is 0 Å². The fourth-order valence-electron chi connectivity index (χ4n) is 4.12. The summed E-state index contributed by atoms with van der Waals surface area (Å²) in [5.41, 5.74) is 0.0350. The third kappa shape index (κ3) is 5.51. The van der Waals surface area contributed by atoms with E-state index >= 15 is 0 Å². The lowest BCUT2D eigenvalue weighted by Crippen LogP contribution is -2.57. The van der Waals surface area contributed by atoms with Gasteiger partial charge in [0, 0.05) is 56.1 Å². The number of likely N-dealkylation sites (tertiary alicyclic amines) is 1. The molecule has 0 spiro atoms. The molecular formula is C22H37N5OS. The van der Waals surface area contributed by atoms with Crippen LogP contribution in [0.15, 0.2) is 22.5 Å². The highest BCUT2D eigenvalue weighted by atomic mass is 32.1. The molecule has 2 fully saturated rings. The number of guanidine groups is 1. The molecule has 1 aromatic heterocycles. The first-order valence-corrected chi connectivity index (χ1v) is 11.9. The molecule has 3 heterocycles. The molecule has 1 N–H and O–H groups in total. The van der Waals surface area contributed by atoms with Crippen molar-refractivity contribution < 1.29 is 4.79 Å². The summed E-state index contributed by atoms with van der Waals surface area (Å²) in [7, 11) is 0. The van der Waals surface area contributed by atoms with Crippen LogP contribution in [0, 0.1) is 0 Å².